The van der Waals surface area contributed by atoms with Gasteiger partial charge in [-0.05, 0) is 42.4 Å². The first-order valence-corrected chi connectivity index (χ1v) is 13.5. The molecular formula is C22H34N4O6S2. The number of carbonyl (C=O) groups is 4. The smallest absolute Gasteiger partial charge is 0.328 e. The molecular weight excluding hydrogens is 480 g/mol. The number of aliphatic carboxylic acids is 1. The van der Waals surface area contributed by atoms with Gasteiger partial charge in [-0.3, -0.25) is 14.4 Å². The van der Waals surface area contributed by atoms with E-state index in [1.165, 1.54) is 11.8 Å². The van der Waals surface area contributed by atoms with Crippen molar-refractivity contribution in [3.63, 3.8) is 0 Å². The van der Waals surface area contributed by atoms with Gasteiger partial charge in [-0.15, -0.1) is 0 Å². The summed E-state index contributed by atoms with van der Waals surface area (Å²) in [5.74, 6) is -1.97. The van der Waals surface area contributed by atoms with Crippen LogP contribution in [0, 0.1) is 0 Å². The Morgan fingerprint density at radius 3 is 1.94 bits per heavy atom. The third-order valence-electron chi connectivity index (χ3n) is 4.93. The molecule has 1 rings (SSSR count). The van der Waals surface area contributed by atoms with Crippen LogP contribution in [-0.4, -0.2) is 88.7 Å². The van der Waals surface area contributed by atoms with Gasteiger partial charge in [-0.1, -0.05) is 30.3 Å². The monoisotopic (exact) mass is 514 g/mol. The van der Waals surface area contributed by atoms with Crippen molar-refractivity contribution in [3.8, 4) is 0 Å². The number of carboxylic acids is 1. The summed E-state index contributed by atoms with van der Waals surface area (Å²) in [6, 6.07) is 4.77. The van der Waals surface area contributed by atoms with Crippen LogP contribution in [0.5, 0.6) is 0 Å². The van der Waals surface area contributed by atoms with Crippen molar-refractivity contribution in [3.05, 3.63) is 35.9 Å². The summed E-state index contributed by atoms with van der Waals surface area (Å²) in [6.07, 6.45) is 4.60. The first-order chi connectivity index (χ1) is 16.2. The van der Waals surface area contributed by atoms with Crippen molar-refractivity contribution in [2.45, 2.75) is 43.4 Å². The molecule has 4 unspecified atom stereocenters. The van der Waals surface area contributed by atoms with Crippen LogP contribution in [0.25, 0.3) is 0 Å². The van der Waals surface area contributed by atoms with E-state index in [1.54, 1.807) is 11.8 Å². The average Bonchev–Trinajstić information content (AvgIpc) is 2.83. The lowest BCUT2D eigenvalue weighted by molar-refractivity contribution is -0.143. The van der Waals surface area contributed by atoms with Crippen molar-refractivity contribution in [2.75, 3.05) is 30.6 Å². The number of carboxylic acid groups (broad SMARTS) is 1. The first-order valence-electron chi connectivity index (χ1n) is 10.8. The maximum Gasteiger partial charge on any atom is 0.328 e. The van der Waals surface area contributed by atoms with Gasteiger partial charge in [0.2, 0.25) is 17.7 Å². The summed E-state index contributed by atoms with van der Waals surface area (Å²) < 4.78 is 0. The number of nitrogens with two attached hydrogens (primary N) is 1. The molecule has 7 N–H and O–H groups in total. The number of aliphatic hydroxyl groups excluding tert-OH is 1. The molecule has 0 radical (unpaired) electrons. The Bertz CT molecular complexity index is 799. The van der Waals surface area contributed by atoms with Gasteiger partial charge in [0, 0.05) is 6.42 Å². The number of hydrogen-bond donors (Lipinski definition) is 6. The molecule has 4 atom stereocenters. The van der Waals surface area contributed by atoms with Crippen LogP contribution in [0.4, 0.5) is 0 Å². The van der Waals surface area contributed by atoms with E-state index in [9.17, 15) is 24.3 Å². The molecule has 0 heterocycles. The molecule has 1 aromatic rings. The van der Waals surface area contributed by atoms with Gasteiger partial charge >= 0.3 is 5.97 Å². The van der Waals surface area contributed by atoms with E-state index in [4.69, 9.17) is 10.8 Å². The Morgan fingerprint density at radius 1 is 0.853 bits per heavy atom. The summed E-state index contributed by atoms with van der Waals surface area (Å²) >= 11 is 3.01. The van der Waals surface area contributed by atoms with Gasteiger partial charge in [-0.2, -0.15) is 23.5 Å². The molecule has 0 aliphatic carbocycles. The van der Waals surface area contributed by atoms with E-state index in [0.717, 1.165) is 5.56 Å². The summed E-state index contributed by atoms with van der Waals surface area (Å²) in [4.78, 5) is 49.6. The molecule has 0 aliphatic heterocycles. The number of hydrogen-bond acceptors (Lipinski definition) is 8. The maximum absolute atomic E-state index is 13.2. The Labute approximate surface area is 208 Å². The fraction of sp³-hybridized carbons (Fsp3) is 0.545. The Balaban J connectivity index is 3.02. The highest BCUT2D eigenvalue weighted by molar-refractivity contribution is 7.98. The molecule has 0 fully saturated rings. The van der Waals surface area contributed by atoms with Gasteiger partial charge in [0.25, 0.3) is 0 Å². The number of benzene rings is 1. The number of carbonyl (C=O) groups excluding carboxylic acids is 3. The van der Waals surface area contributed by atoms with E-state index in [-0.39, 0.29) is 12.8 Å². The summed E-state index contributed by atoms with van der Waals surface area (Å²) in [7, 11) is 0. The molecule has 0 aromatic heterocycles. The topological polar surface area (TPSA) is 171 Å². The highest BCUT2D eigenvalue weighted by atomic mass is 32.2. The van der Waals surface area contributed by atoms with E-state index >= 15 is 0 Å². The second-order valence-corrected chi connectivity index (χ2v) is 9.53. The Hall–Kier alpha value is -2.28. The predicted octanol–water partition coefficient (Wildman–Crippen LogP) is -0.406. The molecule has 0 saturated heterocycles. The van der Waals surface area contributed by atoms with Crippen LogP contribution < -0.4 is 21.7 Å². The van der Waals surface area contributed by atoms with Crippen LogP contribution in [0.1, 0.15) is 18.4 Å². The molecule has 190 valence electrons. The Morgan fingerprint density at radius 2 is 1.38 bits per heavy atom. The number of amides is 3. The Kier molecular flexibility index (Phi) is 14.3. The summed E-state index contributed by atoms with van der Waals surface area (Å²) in [6.45, 7) is -0.787. The molecule has 34 heavy (non-hydrogen) atoms. The second kappa shape index (κ2) is 16.4. The predicted molar refractivity (Wildman–Crippen MR) is 135 cm³/mol. The molecule has 0 saturated carbocycles. The number of nitrogens with one attached hydrogen (secondary N) is 3. The van der Waals surface area contributed by atoms with Crippen molar-refractivity contribution in [1.29, 1.82) is 0 Å². The third kappa shape index (κ3) is 10.8. The fourth-order valence-electron chi connectivity index (χ4n) is 2.95. The highest BCUT2D eigenvalue weighted by Crippen LogP contribution is 2.07. The minimum atomic E-state index is -1.49. The standard InChI is InChI=1S/C22H34N4O6S2/c1-33-10-8-15(23)19(28)25-17(12-14-6-4-3-5-7-14)21(30)24-16(9-11-34-2)20(29)26-18(13-27)22(31)32/h3-7,15-18,27H,8-13,23H2,1-2H3,(H,24,30)(H,25,28)(H,26,29)(H,31,32). The lowest BCUT2D eigenvalue weighted by Gasteiger charge is -2.25. The van der Waals surface area contributed by atoms with Gasteiger partial charge in [-0.25, -0.2) is 4.79 Å². The second-order valence-electron chi connectivity index (χ2n) is 7.56. The number of thioether (sulfide) groups is 2. The molecule has 0 aliphatic rings. The van der Waals surface area contributed by atoms with Crippen molar-refractivity contribution >= 4 is 47.2 Å². The maximum atomic E-state index is 13.2. The van der Waals surface area contributed by atoms with Gasteiger partial charge in [0.1, 0.15) is 18.1 Å². The van der Waals surface area contributed by atoms with E-state index in [2.05, 4.69) is 16.0 Å². The zero-order valence-corrected chi connectivity index (χ0v) is 21.0. The van der Waals surface area contributed by atoms with E-state index in [1.807, 2.05) is 42.8 Å². The average molecular weight is 515 g/mol. The fourth-order valence-corrected chi connectivity index (χ4v) is 3.91. The largest absolute Gasteiger partial charge is 0.480 e. The zero-order valence-electron chi connectivity index (χ0n) is 19.4. The molecule has 10 nitrogen and oxygen atoms in total. The number of rotatable bonds is 16. The van der Waals surface area contributed by atoms with Crippen molar-refractivity contribution in [2.24, 2.45) is 5.73 Å². The van der Waals surface area contributed by atoms with Gasteiger partial charge < -0.3 is 31.9 Å². The van der Waals surface area contributed by atoms with E-state index < -0.39 is 54.5 Å². The van der Waals surface area contributed by atoms with Gasteiger partial charge in [0.05, 0.1) is 12.6 Å². The van der Waals surface area contributed by atoms with Crippen LogP contribution in [0.15, 0.2) is 30.3 Å². The quantitative estimate of drug-likeness (QED) is 0.172. The minimum absolute atomic E-state index is 0.179. The molecule has 3 amide bonds. The molecule has 0 spiro atoms. The summed E-state index contributed by atoms with van der Waals surface area (Å²) in [5.41, 5.74) is 6.76. The molecule has 12 heteroatoms. The van der Waals surface area contributed by atoms with Crippen LogP contribution in [0.2, 0.25) is 0 Å². The van der Waals surface area contributed by atoms with Crippen molar-refractivity contribution < 1.29 is 29.4 Å². The lowest BCUT2D eigenvalue weighted by Crippen LogP contribution is -2.58. The normalized spacial score (nSPS) is 14.4. The number of aliphatic hydroxyl groups is 1. The first kappa shape index (κ1) is 29.8. The van der Waals surface area contributed by atoms with E-state index in [0.29, 0.717) is 17.9 Å². The summed E-state index contributed by atoms with van der Waals surface area (Å²) in [5, 5.41) is 25.8. The van der Waals surface area contributed by atoms with Crippen LogP contribution in [-0.2, 0) is 25.6 Å². The van der Waals surface area contributed by atoms with Crippen molar-refractivity contribution in [1.82, 2.24) is 16.0 Å². The zero-order chi connectivity index (χ0) is 25.5. The van der Waals surface area contributed by atoms with Crippen LogP contribution >= 0.6 is 23.5 Å². The van der Waals surface area contributed by atoms with Gasteiger partial charge in [0.15, 0.2) is 0 Å². The SMILES string of the molecule is CSCCC(N)C(=O)NC(Cc1ccccc1)C(=O)NC(CCSC)C(=O)NC(CO)C(=O)O. The third-order valence-corrected chi connectivity index (χ3v) is 6.21. The minimum Gasteiger partial charge on any atom is -0.480 e. The van der Waals surface area contributed by atoms with Crippen LogP contribution in [0.3, 0.4) is 0 Å². The lowest BCUT2D eigenvalue weighted by atomic mass is 10.0. The highest BCUT2D eigenvalue weighted by Gasteiger charge is 2.30. The molecule has 1 aromatic carbocycles. The molecule has 0 bridgehead atoms.